The second kappa shape index (κ2) is 9.94. The monoisotopic (exact) mass is 423 g/mol. The van der Waals surface area contributed by atoms with Crippen molar-refractivity contribution in [3.05, 3.63) is 59.7 Å². The van der Waals surface area contributed by atoms with Gasteiger partial charge in [-0.2, -0.15) is 0 Å². The summed E-state index contributed by atoms with van der Waals surface area (Å²) in [4.78, 5) is 29.1. The number of piperazine rings is 1. The van der Waals surface area contributed by atoms with Crippen LogP contribution < -0.4 is 14.8 Å². The number of amides is 1. The number of Topliss-reactive ketones (excluding diaryl/α,β-unsaturated/α-hetero) is 1. The van der Waals surface area contributed by atoms with E-state index in [4.69, 9.17) is 9.47 Å². The largest absolute Gasteiger partial charge is 0.454 e. The Bertz CT molecular complexity index is 910. The third-order valence-corrected chi connectivity index (χ3v) is 5.78. The van der Waals surface area contributed by atoms with Crippen LogP contribution >= 0.6 is 0 Å². The number of nitrogens with zero attached hydrogens (tertiary/aromatic N) is 2. The molecule has 1 atom stereocenters. The van der Waals surface area contributed by atoms with Gasteiger partial charge in [0, 0.05) is 32.7 Å². The minimum Gasteiger partial charge on any atom is -0.454 e. The Morgan fingerprint density at radius 1 is 0.935 bits per heavy atom. The molecule has 1 fully saturated rings. The van der Waals surface area contributed by atoms with Gasteiger partial charge in [-0.3, -0.25) is 19.4 Å². The van der Waals surface area contributed by atoms with Crippen molar-refractivity contribution in [2.24, 2.45) is 0 Å². The number of carbonyl (C=O) groups is 2. The van der Waals surface area contributed by atoms with E-state index in [2.05, 4.69) is 21.2 Å². The highest BCUT2D eigenvalue weighted by molar-refractivity contribution is 5.88. The molecule has 2 aromatic rings. The molecule has 164 valence electrons. The van der Waals surface area contributed by atoms with Gasteiger partial charge in [-0.1, -0.05) is 36.4 Å². The average molecular weight is 424 g/mol. The minimum absolute atomic E-state index is 0.0225. The lowest BCUT2D eigenvalue weighted by Gasteiger charge is -2.34. The number of nitrogens with one attached hydrogen (secondary N) is 1. The van der Waals surface area contributed by atoms with E-state index < -0.39 is 6.04 Å². The Hall–Kier alpha value is -2.90. The number of hydrogen-bond acceptors (Lipinski definition) is 6. The molecule has 0 radical (unpaired) electrons. The first-order valence-electron chi connectivity index (χ1n) is 10.7. The molecule has 2 aliphatic rings. The zero-order chi connectivity index (χ0) is 21.6. The van der Waals surface area contributed by atoms with Gasteiger partial charge in [0.25, 0.3) is 0 Å². The summed E-state index contributed by atoms with van der Waals surface area (Å²) in [6, 6.07) is 15.4. The Kier molecular flexibility index (Phi) is 6.84. The van der Waals surface area contributed by atoms with E-state index in [0.717, 1.165) is 49.8 Å². The third kappa shape index (κ3) is 5.83. The fraction of sp³-hybridized carbons (Fsp3) is 0.417. The number of ketones is 1. The van der Waals surface area contributed by atoms with Gasteiger partial charge >= 0.3 is 0 Å². The Morgan fingerprint density at radius 3 is 2.39 bits per heavy atom. The maximum absolute atomic E-state index is 12.6. The number of rotatable bonds is 8. The molecule has 0 unspecified atom stereocenters. The number of hydrogen-bond donors (Lipinski definition) is 1. The molecular weight excluding hydrogens is 394 g/mol. The quantitative estimate of drug-likeness (QED) is 0.699. The van der Waals surface area contributed by atoms with E-state index >= 15 is 0 Å². The van der Waals surface area contributed by atoms with Gasteiger partial charge < -0.3 is 14.8 Å². The third-order valence-electron chi connectivity index (χ3n) is 5.78. The molecule has 31 heavy (non-hydrogen) atoms. The minimum atomic E-state index is -0.484. The maximum atomic E-state index is 12.6. The SMILES string of the molecule is CC(=O)[C@H](Cc1ccccc1)NC(=O)CN1CCN(Cc2ccc3c(c2)OCO3)CC1. The van der Waals surface area contributed by atoms with Crippen molar-refractivity contribution < 1.29 is 19.1 Å². The summed E-state index contributed by atoms with van der Waals surface area (Å²) in [6.07, 6.45) is 0.519. The van der Waals surface area contributed by atoms with Gasteiger partial charge in [0.1, 0.15) is 0 Å². The molecule has 7 heteroatoms. The molecule has 0 bridgehead atoms. The maximum Gasteiger partial charge on any atom is 0.234 e. The van der Waals surface area contributed by atoms with E-state index in [0.29, 0.717) is 13.0 Å². The summed E-state index contributed by atoms with van der Waals surface area (Å²) in [6.45, 7) is 6.40. The number of benzene rings is 2. The van der Waals surface area contributed by atoms with Crippen molar-refractivity contribution in [2.75, 3.05) is 39.5 Å². The molecule has 7 nitrogen and oxygen atoms in total. The van der Waals surface area contributed by atoms with Gasteiger partial charge in [-0.15, -0.1) is 0 Å². The number of ether oxygens (including phenoxy) is 2. The second-order valence-corrected chi connectivity index (χ2v) is 8.16. The summed E-state index contributed by atoms with van der Waals surface area (Å²) >= 11 is 0. The Labute approximate surface area is 182 Å². The average Bonchev–Trinajstić information content (AvgIpc) is 3.23. The summed E-state index contributed by atoms with van der Waals surface area (Å²) in [7, 11) is 0. The zero-order valence-corrected chi connectivity index (χ0v) is 17.9. The molecule has 1 saturated heterocycles. The van der Waals surface area contributed by atoms with E-state index in [1.165, 1.54) is 12.5 Å². The fourth-order valence-corrected chi connectivity index (χ4v) is 3.99. The predicted octanol–water partition coefficient (Wildman–Crippen LogP) is 1.85. The van der Waals surface area contributed by atoms with Gasteiger partial charge in [0.2, 0.25) is 12.7 Å². The van der Waals surface area contributed by atoms with Gasteiger partial charge in [0.15, 0.2) is 17.3 Å². The van der Waals surface area contributed by atoms with Crippen LogP contribution in [0.5, 0.6) is 11.5 Å². The molecule has 2 aromatic carbocycles. The second-order valence-electron chi connectivity index (χ2n) is 8.16. The van der Waals surface area contributed by atoms with Crippen LogP contribution in [-0.4, -0.2) is 67.0 Å². The van der Waals surface area contributed by atoms with E-state index in [1.54, 1.807) is 0 Å². The van der Waals surface area contributed by atoms with E-state index in [9.17, 15) is 9.59 Å². The summed E-state index contributed by atoms with van der Waals surface area (Å²) in [5.74, 6) is 1.49. The van der Waals surface area contributed by atoms with Crippen molar-refractivity contribution in [3.63, 3.8) is 0 Å². The van der Waals surface area contributed by atoms with Crippen LogP contribution in [0.2, 0.25) is 0 Å². The van der Waals surface area contributed by atoms with Gasteiger partial charge in [0.05, 0.1) is 12.6 Å². The smallest absolute Gasteiger partial charge is 0.234 e. The molecule has 1 amide bonds. The van der Waals surface area contributed by atoms with Crippen molar-refractivity contribution in [1.29, 1.82) is 0 Å². The molecule has 0 aliphatic carbocycles. The van der Waals surface area contributed by atoms with Crippen LogP contribution in [0.25, 0.3) is 0 Å². The van der Waals surface area contributed by atoms with Crippen LogP contribution in [0.4, 0.5) is 0 Å². The van der Waals surface area contributed by atoms with Crippen molar-refractivity contribution >= 4 is 11.7 Å². The van der Waals surface area contributed by atoms with Crippen LogP contribution in [0, 0.1) is 0 Å². The van der Waals surface area contributed by atoms with Crippen LogP contribution in [0.3, 0.4) is 0 Å². The number of fused-ring (bicyclic) bond motifs is 1. The molecule has 2 aliphatic heterocycles. The van der Waals surface area contributed by atoms with Crippen molar-refractivity contribution in [1.82, 2.24) is 15.1 Å². The molecular formula is C24H29N3O4. The molecule has 0 aromatic heterocycles. The molecule has 0 spiro atoms. The summed E-state index contributed by atoms with van der Waals surface area (Å²) in [5, 5.41) is 2.92. The highest BCUT2D eigenvalue weighted by atomic mass is 16.7. The van der Waals surface area contributed by atoms with Crippen molar-refractivity contribution in [3.8, 4) is 11.5 Å². The predicted molar refractivity (Wildman–Crippen MR) is 117 cm³/mol. The van der Waals surface area contributed by atoms with Crippen LogP contribution in [0.1, 0.15) is 18.1 Å². The Balaban J connectivity index is 1.22. The first-order valence-corrected chi connectivity index (χ1v) is 10.7. The highest BCUT2D eigenvalue weighted by Crippen LogP contribution is 2.32. The summed E-state index contributed by atoms with van der Waals surface area (Å²) in [5.41, 5.74) is 2.24. The number of carbonyl (C=O) groups excluding carboxylic acids is 2. The topological polar surface area (TPSA) is 71.1 Å². The first-order chi connectivity index (χ1) is 15.1. The van der Waals surface area contributed by atoms with Gasteiger partial charge in [-0.05, 0) is 36.6 Å². The summed E-state index contributed by atoms with van der Waals surface area (Å²) < 4.78 is 10.8. The van der Waals surface area contributed by atoms with Crippen LogP contribution in [-0.2, 0) is 22.6 Å². The fourth-order valence-electron chi connectivity index (χ4n) is 3.99. The van der Waals surface area contributed by atoms with Crippen molar-refractivity contribution in [2.45, 2.75) is 25.9 Å². The van der Waals surface area contributed by atoms with E-state index in [-0.39, 0.29) is 18.5 Å². The lowest BCUT2D eigenvalue weighted by atomic mass is 10.0. The normalized spacial score (nSPS) is 17.3. The molecule has 4 rings (SSSR count). The zero-order valence-electron chi connectivity index (χ0n) is 17.9. The Morgan fingerprint density at radius 2 is 1.65 bits per heavy atom. The standard InChI is InChI=1S/C24H29N3O4/c1-18(28)21(13-19-5-3-2-4-6-19)25-24(29)16-27-11-9-26(10-12-27)15-20-7-8-22-23(14-20)31-17-30-22/h2-8,14,21H,9-13,15-17H2,1H3,(H,25,29)/t21-/m0/s1. The highest BCUT2D eigenvalue weighted by Gasteiger charge is 2.23. The lowest BCUT2D eigenvalue weighted by Crippen LogP contribution is -2.51. The lowest BCUT2D eigenvalue weighted by molar-refractivity contribution is -0.127. The molecule has 0 saturated carbocycles. The van der Waals surface area contributed by atoms with Crippen LogP contribution in [0.15, 0.2) is 48.5 Å². The van der Waals surface area contributed by atoms with E-state index in [1.807, 2.05) is 42.5 Å². The first kappa shape index (κ1) is 21.3. The molecule has 2 heterocycles. The van der Waals surface area contributed by atoms with Gasteiger partial charge in [-0.25, -0.2) is 0 Å². The molecule has 1 N–H and O–H groups in total.